The summed E-state index contributed by atoms with van der Waals surface area (Å²) in [5.41, 5.74) is 4.12. The Morgan fingerprint density at radius 2 is 1.68 bits per heavy atom. The largest absolute Gasteiger partial charge is 0.493 e. The van der Waals surface area contributed by atoms with Crippen molar-refractivity contribution in [1.29, 1.82) is 0 Å². The zero-order valence-electron chi connectivity index (χ0n) is 13.6. The first-order valence-corrected chi connectivity index (χ1v) is 7.64. The summed E-state index contributed by atoms with van der Waals surface area (Å²) < 4.78 is 37.4. The van der Waals surface area contributed by atoms with Crippen molar-refractivity contribution in [2.75, 3.05) is 19.5 Å². The first-order chi connectivity index (χ1) is 12.1. The van der Waals surface area contributed by atoms with Gasteiger partial charge in [0.05, 0.1) is 19.9 Å². The maximum atomic E-state index is 13.4. The van der Waals surface area contributed by atoms with Gasteiger partial charge in [-0.1, -0.05) is 0 Å². The van der Waals surface area contributed by atoms with Crippen molar-refractivity contribution in [3.05, 3.63) is 53.1 Å². The van der Waals surface area contributed by atoms with E-state index in [-0.39, 0.29) is 0 Å². The van der Waals surface area contributed by atoms with Gasteiger partial charge in [-0.25, -0.2) is 8.78 Å². The number of benzene rings is 2. The number of rotatable bonds is 4. The normalized spacial score (nSPS) is 11.8. The minimum absolute atomic E-state index is 0.304. The molecule has 1 aromatic heterocycles. The topological polar surface area (TPSA) is 59.2 Å². The number of methoxy groups -OCH3 is 2. The molecule has 2 N–H and O–H groups in total. The zero-order valence-corrected chi connectivity index (χ0v) is 13.6. The molecule has 0 aliphatic heterocycles. The van der Waals surface area contributed by atoms with Crippen molar-refractivity contribution in [2.24, 2.45) is 0 Å². The predicted molar refractivity (Wildman–Crippen MR) is 89.6 cm³/mol. The van der Waals surface area contributed by atoms with E-state index >= 15 is 0 Å². The minimum Gasteiger partial charge on any atom is -0.493 e. The quantitative estimate of drug-likeness (QED) is 0.588. The molecule has 1 heterocycles. The Bertz CT molecular complexity index is 949. The fourth-order valence-electron chi connectivity index (χ4n) is 3.12. The Morgan fingerprint density at radius 3 is 2.36 bits per heavy atom. The monoisotopic (exact) mass is 343 g/mol. The number of halogens is 2. The number of fused-ring (bicyclic) bond motifs is 3. The molecule has 7 heteroatoms. The second kappa shape index (κ2) is 5.77. The van der Waals surface area contributed by atoms with E-state index in [1.165, 1.54) is 12.1 Å². The molecule has 0 spiro atoms. The van der Waals surface area contributed by atoms with Gasteiger partial charge in [0, 0.05) is 29.3 Å². The highest BCUT2D eigenvalue weighted by molar-refractivity contribution is 5.81. The van der Waals surface area contributed by atoms with E-state index in [0.717, 1.165) is 28.5 Å². The SMILES string of the molecule is COc1cc2c(cc1OC)-c1[nH]nc(Nc3cc(F)cc(F)c3)c1C2. The molecular formula is C18H15F2N3O2. The number of nitrogens with one attached hydrogen (secondary N) is 2. The van der Waals surface area contributed by atoms with E-state index in [2.05, 4.69) is 15.5 Å². The first kappa shape index (κ1) is 15.4. The van der Waals surface area contributed by atoms with Crippen LogP contribution in [-0.4, -0.2) is 24.4 Å². The highest BCUT2D eigenvalue weighted by Crippen LogP contribution is 2.44. The van der Waals surface area contributed by atoms with Gasteiger partial charge in [-0.2, -0.15) is 5.10 Å². The summed E-state index contributed by atoms with van der Waals surface area (Å²) in [5.74, 6) is 0.528. The van der Waals surface area contributed by atoms with Crippen molar-refractivity contribution in [1.82, 2.24) is 10.2 Å². The fraction of sp³-hybridized carbons (Fsp3) is 0.167. The third-order valence-electron chi connectivity index (χ3n) is 4.24. The second-order valence-corrected chi connectivity index (χ2v) is 5.75. The number of anilines is 2. The van der Waals surface area contributed by atoms with Crippen LogP contribution in [0.25, 0.3) is 11.3 Å². The highest BCUT2D eigenvalue weighted by Gasteiger charge is 2.26. The summed E-state index contributed by atoms with van der Waals surface area (Å²) in [6, 6.07) is 7.09. The van der Waals surface area contributed by atoms with Crippen molar-refractivity contribution in [2.45, 2.75) is 6.42 Å². The van der Waals surface area contributed by atoms with Gasteiger partial charge in [0.2, 0.25) is 0 Å². The third-order valence-corrected chi connectivity index (χ3v) is 4.24. The summed E-state index contributed by atoms with van der Waals surface area (Å²) in [6.07, 6.45) is 0.627. The Morgan fingerprint density at radius 1 is 1.00 bits per heavy atom. The van der Waals surface area contributed by atoms with Crippen LogP contribution < -0.4 is 14.8 Å². The minimum atomic E-state index is -0.646. The van der Waals surface area contributed by atoms with Crippen molar-refractivity contribution in [3.8, 4) is 22.8 Å². The Labute approximate surface area is 142 Å². The lowest BCUT2D eigenvalue weighted by atomic mass is 10.1. The van der Waals surface area contributed by atoms with E-state index in [0.29, 0.717) is 29.4 Å². The molecule has 0 fully saturated rings. The Balaban J connectivity index is 1.71. The molecule has 0 unspecified atom stereocenters. The Hall–Kier alpha value is -3.09. The van der Waals surface area contributed by atoms with E-state index in [1.54, 1.807) is 14.2 Å². The number of ether oxygens (including phenoxy) is 2. The summed E-state index contributed by atoms with van der Waals surface area (Å²) in [7, 11) is 3.17. The zero-order chi connectivity index (χ0) is 17.6. The molecule has 0 saturated carbocycles. The average Bonchev–Trinajstić information content (AvgIpc) is 3.12. The van der Waals surface area contributed by atoms with Crippen LogP contribution in [0.15, 0.2) is 30.3 Å². The lowest BCUT2D eigenvalue weighted by Crippen LogP contribution is -1.96. The van der Waals surface area contributed by atoms with Crippen molar-refractivity contribution >= 4 is 11.5 Å². The predicted octanol–water partition coefficient (Wildman–Crippen LogP) is 4.02. The summed E-state index contributed by atoms with van der Waals surface area (Å²) in [6.45, 7) is 0. The molecule has 0 saturated heterocycles. The molecule has 0 atom stereocenters. The lowest BCUT2D eigenvalue weighted by molar-refractivity contribution is 0.355. The van der Waals surface area contributed by atoms with Crippen molar-refractivity contribution < 1.29 is 18.3 Å². The lowest BCUT2D eigenvalue weighted by Gasteiger charge is -2.10. The van der Waals surface area contributed by atoms with Crippen LogP contribution in [-0.2, 0) is 6.42 Å². The maximum absolute atomic E-state index is 13.4. The van der Waals surface area contributed by atoms with Gasteiger partial charge in [-0.15, -0.1) is 0 Å². The van der Waals surface area contributed by atoms with E-state index in [4.69, 9.17) is 9.47 Å². The number of nitrogens with zero attached hydrogens (tertiary/aromatic N) is 1. The van der Waals surface area contributed by atoms with Gasteiger partial charge in [0.15, 0.2) is 17.3 Å². The molecule has 0 amide bonds. The van der Waals surface area contributed by atoms with Gasteiger partial charge in [-0.3, -0.25) is 5.10 Å². The maximum Gasteiger partial charge on any atom is 0.161 e. The van der Waals surface area contributed by atoms with Crippen LogP contribution in [0, 0.1) is 11.6 Å². The first-order valence-electron chi connectivity index (χ1n) is 7.64. The van der Waals surface area contributed by atoms with Gasteiger partial charge < -0.3 is 14.8 Å². The van der Waals surface area contributed by atoms with Crippen LogP contribution in [0.4, 0.5) is 20.3 Å². The van der Waals surface area contributed by atoms with E-state index < -0.39 is 11.6 Å². The van der Waals surface area contributed by atoms with Crippen LogP contribution in [0.1, 0.15) is 11.1 Å². The molecule has 25 heavy (non-hydrogen) atoms. The van der Waals surface area contributed by atoms with Crippen LogP contribution in [0.3, 0.4) is 0 Å². The number of hydrogen-bond donors (Lipinski definition) is 2. The number of hydrogen-bond acceptors (Lipinski definition) is 4. The van der Waals surface area contributed by atoms with Gasteiger partial charge in [-0.05, 0) is 29.8 Å². The third kappa shape index (κ3) is 2.57. The number of H-pyrrole nitrogens is 1. The molecule has 1 aliphatic carbocycles. The molecule has 0 bridgehead atoms. The molecule has 128 valence electrons. The fourth-order valence-corrected chi connectivity index (χ4v) is 3.12. The second-order valence-electron chi connectivity index (χ2n) is 5.75. The molecule has 1 aliphatic rings. The standard InChI is InChI=1S/C18H15F2N3O2/c1-24-15-4-9-3-14-17(13(9)8-16(15)25-2)22-23-18(14)21-12-6-10(19)5-11(20)7-12/h4-8H,3H2,1-2H3,(H2,21,22,23). The van der Waals surface area contributed by atoms with E-state index in [1.807, 2.05) is 12.1 Å². The highest BCUT2D eigenvalue weighted by atomic mass is 19.1. The van der Waals surface area contributed by atoms with E-state index in [9.17, 15) is 8.78 Å². The molecular weight excluding hydrogens is 328 g/mol. The summed E-state index contributed by atoms with van der Waals surface area (Å²) >= 11 is 0. The number of aromatic amines is 1. The van der Waals surface area contributed by atoms with Crippen molar-refractivity contribution in [3.63, 3.8) is 0 Å². The molecule has 3 aromatic rings. The molecule has 4 rings (SSSR count). The van der Waals surface area contributed by atoms with Crippen LogP contribution >= 0.6 is 0 Å². The van der Waals surface area contributed by atoms with Gasteiger partial charge >= 0.3 is 0 Å². The average molecular weight is 343 g/mol. The smallest absolute Gasteiger partial charge is 0.161 e. The molecule has 0 radical (unpaired) electrons. The molecule has 5 nitrogen and oxygen atoms in total. The molecule has 2 aromatic carbocycles. The van der Waals surface area contributed by atoms with Crippen LogP contribution in [0.5, 0.6) is 11.5 Å². The summed E-state index contributed by atoms with van der Waals surface area (Å²) in [4.78, 5) is 0. The van der Waals surface area contributed by atoms with Gasteiger partial charge in [0.1, 0.15) is 11.6 Å². The van der Waals surface area contributed by atoms with Crippen LogP contribution in [0.2, 0.25) is 0 Å². The van der Waals surface area contributed by atoms with Gasteiger partial charge in [0.25, 0.3) is 0 Å². The Kier molecular flexibility index (Phi) is 3.56. The number of aromatic nitrogens is 2. The summed E-state index contributed by atoms with van der Waals surface area (Å²) in [5, 5.41) is 10.2.